The summed E-state index contributed by atoms with van der Waals surface area (Å²) in [6.07, 6.45) is -0.0157. The molecule has 0 aliphatic carbocycles. The first-order valence-corrected chi connectivity index (χ1v) is 9.80. The molecule has 2 rings (SSSR count). The van der Waals surface area contributed by atoms with Gasteiger partial charge in [0.2, 0.25) is 15.9 Å². The van der Waals surface area contributed by atoms with Gasteiger partial charge in [0.1, 0.15) is 5.82 Å². The molecule has 0 aliphatic rings. The molecule has 0 aromatic heterocycles. The molecule has 0 saturated heterocycles. The average Bonchev–Trinajstić information content (AvgIpc) is 2.56. The number of sulfonamides is 1. The number of hydrogen-bond donors (Lipinski definition) is 1. The van der Waals surface area contributed by atoms with Crippen molar-refractivity contribution in [1.29, 1.82) is 0 Å². The van der Waals surface area contributed by atoms with Gasteiger partial charge in [-0.2, -0.15) is 0 Å². The highest BCUT2D eigenvalue weighted by atomic mass is 79.9. The van der Waals surface area contributed by atoms with Crippen LogP contribution < -0.4 is 4.72 Å². The van der Waals surface area contributed by atoms with Gasteiger partial charge in [0.25, 0.3) is 0 Å². The lowest BCUT2D eigenvalue weighted by Gasteiger charge is -2.18. The van der Waals surface area contributed by atoms with Crippen molar-refractivity contribution in [3.05, 3.63) is 64.4 Å². The summed E-state index contributed by atoms with van der Waals surface area (Å²) in [5.41, 5.74) is 0.410. The van der Waals surface area contributed by atoms with E-state index in [0.29, 0.717) is 10.0 Å². The summed E-state index contributed by atoms with van der Waals surface area (Å²) in [5.74, 6) is -0.655. The zero-order valence-corrected chi connectivity index (χ0v) is 16.0. The van der Waals surface area contributed by atoms with Crippen LogP contribution in [0.15, 0.2) is 57.9 Å². The van der Waals surface area contributed by atoms with E-state index in [4.69, 9.17) is 0 Å². The molecule has 1 N–H and O–H groups in total. The lowest BCUT2D eigenvalue weighted by Crippen LogP contribution is -2.32. The second kappa shape index (κ2) is 8.55. The van der Waals surface area contributed by atoms with Crippen molar-refractivity contribution in [1.82, 2.24) is 9.62 Å². The van der Waals surface area contributed by atoms with Crippen molar-refractivity contribution in [2.24, 2.45) is 0 Å². The quantitative estimate of drug-likeness (QED) is 0.736. The zero-order chi connectivity index (χ0) is 18.4. The molecular formula is C17H18BrFN2O3S. The predicted molar refractivity (Wildman–Crippen MR) is 96.8 cm³/mol. The van der Waals surface area contributed by atoms with E-state index in [1.54, 1.807) is 37.4 Å². The van der Waals surface area contributed by atoms with Gasteiger partial charge >= 0.3 is 0 Å². The Morgan fingerprint density at radius 1 is 1.20 bits per heavy atom. The molecule has 0 bridgehead atoms. The van der Waals surface area contributed by atoms with Crippen molar-refractivity contribution in [3.8, 4) is 0 Å². The minimum Gasteiger partial charge on any atom is -0.341 e. The molecule has 0 radical (unpaired) electrons. The van der Waals surface area contributed by atoms with E-state index < -0.39 is 10.0 Å². The van der Waals surface area contributed by atoms with E-state index in [2.05, 4.69) is 20.7 Å². The third-order valence-corrected chi connectivity index (χ3v) is 5.48. The van der Waals surface area contributed by atoms with Crippen molar-refractivity contribution < 1.29 is 17.6 Å². The van der Waals surface area contributed by atoms with Crippen molar-refractivity contribution >= 4 is 31.9 Å². The molecule has 0 aliphatic heterocycles. The van der Waals surface area contributed by atoms with Crippen LogP contribution in [0, 0.1) is 5.82 Å². The van der Waals surface area contributed by atoms with Crippen LogP contribution in [0.5, 0.6) is 0 Å². The lowest BCUT2D eigenvalue weighted by molar-refractivity contribution is -0.130. The van der Waals surface area contributed by atoms with Gasteiger partial charge in [0.05, 0.1) is 4.90 Å². The van der Waals surface area contributed by atoms with E-state index in [9.17, 15) is 17.6 Å². The third-order valence-electron chi connectivity index (χ3n) is 3.53. The lowest BCUT2D eigenvalue weighted by atomic mass is 10.2. The number of rotatable bonds is 7. The van der Waals surface area contributed by atoms with Crippen LogP contribution in [-0.2, 0) is 21.4 Å². The number of carbonyl (C=O) groups is 1. The van der Waals surface area contributed by atoms with Crippen molar-refractivity contribution in [3.63, 3.8) is 0 Å². The molecule has 0 unspecified atom stereocenters. The number of nitrogens with zero attached hydrogens (tertiary/aromatic N) is 1. The number of amides is 1. The Labute approximate surface area is 155 Å². The average molecular weight is 429 g/mol. The summed E-state index contributed by atoms with van der Waals surface area (Å²) >= 11 is 3.22. The Hall–Kier alpha value is -1.77. The molecule has 2 aromatic carbocycles. The number of benzene rings is 2. The summed E-state index contributed by atoms with van der Waals surface area (Å²) in [6.45, 7) is 0.0964. The van der Waals surface area contributed by atoms with Gasteiger partial charge in [-0.05, 0) is 24.3 Å². The first-order chi connectivity index (χ1) is 11.8. The number of halogens is 2. The first-order valence-electron chi connectivity index (χ1n) is 7.52. The smallest absolute Gasteiger partial charge is 0.240 e. The van der Waals surface area contributed by atoms with Crippen LogP contribution in [-0.4, -0.2) is 32.8 Å². The second-order valence-corrected chi connectivity index (χ2v) is 8.13. The molecule has 5 nitrogen and oxygen atoms in total. The van der Waals surface area contributed by atoms with Crippen LogP contribution in [0.1, 0.15) is 12.0 Å². The SMILES string of the molecule is CN(Cc1ccccc1F)C(=O)CCNS(=O)(=O)c1cccc(Br)c1. The molecule has 8 heteroatoms. The van der Waals surface area contributed by atoms with E-state index in [-0.39, 0.29) is 36.1 Å². The van der Waals surface area contributed by atoms with Gasteiger partial charge in [-0.15, -0.1) is 0 Å². The number of carbonyl (C=O) groups excluding carboxylic acids is 1. The fourth-order valence-corrected chi connectivity index (χ4v) is 3.80. The number of hydrogen-bond acceptors (Lipinski definition) is 3. The van der Waals surface area contributed by atoms with Crippen LogP contribution in [0.3, 0.4) is 0 Å². The Morgan fingerprint density at radius 3 is 2.60 bits per heavy atom. The topological polar surface area (TPSA) is 66.5 Å². The molecule has 134 valence electrons. The maximum atomic E-state index is 13.6. The summed E-state index contributed by atoms with van der Waals surface area (Å²) in [7, 11) is -2.13. The maximum absolute atomic E-state index is 13.6. The Balaban J connectivity index is 1.88. The first kappa shape index (κ1) is 19.6. The van der Waals surface area contributed by atoms with E-state index in [1.807, 2.05) is 0 Å². The van der Waals surface area contributed by atoms with Gasteiger partial charge in [0.15, 0.2) is 0 Å². The van der Waals surface area contributed by atoms with E-state index in [1.165, 1.54) is 23.1 Å². The summed E-state index contributed by atoms with van der Waals surface area (Å²) in [5, 5.41) is 0. The minimum atomic E-state index is -3.68. The Kier molecular flexibility index (Phi) is 6.69. The molecule has 0 saturated carbocycles. The molecule has 0 spiro atoms. The highest BCUT2D eigenvalue weighted by Crippen LogP contribution is 2.16. The fraction of sp³-hybridized carbons (Fsp3) is 0.235. The summed E-state index contributed by atoms with van der Waals surface area (Å²) in [4.78, 5) is 13.6. The third kappa shape index (κ3) is 5.62. The summed E-state index contributed by atoms with van der Waals surface area (Å²) < 4.78 is 41.0. The van der Waals surface area contributed by atoms with Gasteiger partial charge in [-0.3, -0.25) is 4.79 Å². The van der Waals surface area contributed by atoms with Gasteiger partial charge in [0, 0.05) is 36.6 Å². The van der Waals surface area contributed by atoms with Gasteiger partial charge in [-0.25, -0.2) is 17.5 Å². The normalized spacial score (nSPS) is 11.3. The maximum Gasteiger partial charge on any atom is 0.240 e. The molecular weight excluding hydrogens is 411 g/mol. The largest absolute Gasteiger partial charge is 0.341 e. The molecule has 0 atom stereocenters. The van der Waals surface area contributed by atoms with Crippen LogP contribution in [0.25, 0.3) is 0 Å². The molecule has 0 fully saturated rings. The highest BCUT2D eigenvalue weighted by Gasteiger charge is 2.16. The second-order valence-electron chi connectivity index (χ2n) is 5.45. The minimum absolute atomic E-state index is 0.0157. The van der Waals surface area contributed by atoms with E-state index >= 15 is 0 Å². The molecule has 25 heavy (non-hydrogen) atoms. The summed E-state index contributed by atoms with van der Waals surface area (Å²) in [6, 6.07) is 12.5. The Bertz CT molecular complexity index is 858. The standard InChI is InChI=1S/C17H18BrFN2O3S/c1-21(12-13-5-2-3-8-16(13)19)17(22)9-10-20-25(23,24)15-7-4-6-14(18)11-15/h2-8,11,20H,9-10,12H2,1H3. The Morgan fingerprint density at radius 2 is 1.92 bits per heavy atom. The molecule has 2 aromatic rings. The predicted octanol–water partition coefficient (Wildman–Crippen LogP) is 2.92. The zero-order valence-electron chi connectivity index (χ0n) is 13.6. The monoisotopic (exact) mass is 428 g/mol. The van der Waals surface area contributed by atoms with Gasteiger partial charge < -0.3 is 4.90 Å². The molecule has 1 amide bonds. The fourth-order valence-electron chi connectivity index (χ4n) is 2.17. The van der Waals surface area contributed by atoms with Crippen molar-refractivity contribution in [2.45, 2.75) is 17.9 Å². The van der Waals surface area contributed by atoms with Gasteiger partial charge in [-0.1, -0.05) is 40.2 Å². The highest BCUT2D eigenvalue weighted by molar-refractivity contribution is 9.10. The van der Waals surface area contributed by atoms with Crippen LogP contribution >= 0.6 is 15.9 Å². The molecule has 0 heterocycles. The van der Waals surface area contributed by atoms with Crippen LogP contribution in [0.4, 0.5) is 4.39 Å². The van der Waals surface area contributed by atoms with Crippen LogP contribution in [0.2, 0.25) is 0 Å². The van der Waals surface area contributed by atoms with Crippen molar-refractivity contribution in [2.75, 3.05) is 13.6 Å². The number of nitrogens with one attached hydrogen (secondary N) is 1. The van der Waals surface area contributed by atoms with E-state index in [0.717, 1.165) is 0 Å².